The van der Waals surface area contributed by atoms with Crippen molar-refractivity contribution in [3.63, 3.8) is 0 Å². The molecule has 0 saturated carbocycles. The summed E-state index contributed by atoms with van der Waals surface area (Å²) in [6.45, 7) is 3.94. The summed E-state index contributed by atoms with van der Waals surface area (Å²) >= 11 is 3.60. The molecule has 0 heterocycles. The summed E-state index contributed by atoms with van der Waals surface area (Å²) in [6.07, 6.45) is 0. The van der Waals surface area contributed by atoms with Gasteiger partial charge in [0.15, 0.2) is 0 Å². The molecule has 6 heteroatoms. The molecule has 0 aromatic rings. The first-order chi connectivity index (χ1) is 3.73. The van der Waals surface area contributed by atoms with Gasteiger partial charge in [-0.05, 0) is 11.8 Å². The Morgan fingerprint density at radius 2 is 1.30 bits per heavy atom. The minimum atomic E-state index is -3.81. The van der Waals surface area contributed by atoms with Crippen molar-refractivity contribution in [1.82, 2.24) is 0 Å². The van der Waals surface area contributed by atoms with Crippen LogP contribution >= 0.6 is 6.72 Å². The minimum Gasteiger partial charge on any atom is -0.341 e. The maximum absolute atomic E-state index is 7.56. The molecule has 0 aliphatic rings. The Kier molecular flexibility index (Phi) is 15.2. The van der Waals surface area contributed by atoms with Crippen LogP contribution in [0.15, 0.2) is 0 Å². The average Bonchev–Trinajstić information content (AvgIpc) is 1.19. The molecule has 0 aromatic heterocycles. The minimum absolute atomic E-state index is 0. The van der Waals surface area contributed by atoms with Gasteiger partial charge in [0.1, 0.15) is 0 Å². The molecule has 0 amide bonds. The molecule has 0 bridgehead atoms. The summed E-state index contributed by atoms with van der Waals surface area (Å²) in [5.41, 5.74) is 0. The fraction of sp³-hybridized carbons (Fsp3) is 0.750. The van der Waals surface area contributed by atoms with Crippen molar-refractivity contribution in [2.45, 2.75) is 13.8 Å². The summed E-state index contributed by atoms with van der Waals surface area (Å²) in [6, 6.07) is 0. The molecule has 0 aromatic carbocycles. The molecule has 0 rings (SSSR count). The maximum Gasteiger partial charge on any atom is 1.00 e. The third-order valence-corrected chi connectivity index (χ3v) is 0. The Labute approximate surface area is 89.0 Å². The van der Waals surface area contributed by atoms with Gasteiger partial charge in [0.2, 0.25) is 0 Å². The Hall–Kier alpha value is 1.53. The van der Waals surface area contributed by atoms with Crippen LogP contribution in [0.4, 0.5) is 0 Å². The van der Waals surface area contributed by atoms with Crippen LogP contribution < -0.4 is 29.6 Å². The van der Waals surface area contributed by atoms with Crippen molar-refractivity contribution in [2.75, 3.05) is 0 Å². The van der Waals surface area contributed by atoms with Crippen molar-refractivity contribution in [2.24, 2.45) is 5.92 Å². The third-order valence-electron chi connectivity index (χ3n) is 0. The summed E-state index contributed by atoms with van der Waals surface area (Å²) in [5, 5.41) is 0. The van der Waals surface area contributed by atoms with Gasteiger partial charge in [0.05, 0.1) is 0 Å². The van der Waals surface area contributed by atoms with Gasteiger partial charge in [-0.1, -0.05) is 13.8 Å². The number of hydrogen-bond donors (Lipinski definition) is 3. The van der Waals surface area contributed by atoms with Crippen LogP contribution in [-0.2, 0) is 11.8 Å². The third kappa shape index (κ3) is 296. The first kappa shape index (κ1) is 17.6. The molecule has 3 nitrogen and oxygen atoms in total. The standard InChI is InChI=1S/C4H9.Na.H3O3PS/c1-4(2)3;;1-4(2,3)5/h4H,1H2,2-3H3;;(H3,1,2,3,5)/q-1;+1;. The molecule has 0 radical (unpaired) electrons. The van der Waals surface area contributed by atoms with E-state index >= 15 is 0 Å². The van der Waals surface area contributed by atoms with E-state index in [1.807, 2.05) is 0 Å². The normalized spacial score (nSPS) is 9.50. The van der Waals surface area contributed by atoms with E-state index < -0.39 is 6.72 Å². The van der Waals surface area contributed by atoms with Gasteiger partial charge in [-0.2, -0.15) is 5.92 Å². The largest absolute Gasteiger partial charge is 1.00 e. The van der Waals surface area contributed by atoms with Crippen LogP contribution in [0.3, 0.4) is 0 Å². The molecule has 0 spiro atoms. The molecular formula is C4H12NaO3PS. The SMILES string of the molecule is OP(O)(O)=S.[CH2-]C(C)C.[Na+]. The molecule has 0 atom stereocenters. The van der Waals surface area contributed by atoms with Gasteiger partial charge in [0, 0.05) is 0 Å². The zero-order valence-corrected chi connectivity index (χ0v) is 10.2. The Bertz CT molecular complexity index is 91.7. The Morgan fingerprint density at radius 1 is 1.30 bits per heavy atom. The maximum atomic E-state index is 7.56. The van der Waals surface area contributed by atoms with Crippen LogP contribution in [0, 0.1) is 12.8 Å². The second-order valence-corrected chi connectivity index (χ2v) is 4.40. The van der Waals surface area contributed by atoms with Crippen LogP contribution in [-0.4, -0.2) is 14.7 Å². The van der Waals surface area contributed by atoms with Crippen molar-refractivity contribution < 1.29 is 44.2 Å². The van der Waals surface area contributed by atoms with Crippen LogP contribution in [0.5, 0.6) is 0 Å². The van der Waals surface area contributed by atoms with Gasteiger partial charge >= 0.3 is 36.3 Å². The Balaban J connectivity index is -0.0000000910. The first-order valence-electron chi connectivity index (χ1n) is 2.35. The summed E-state index contributed by atoms with van der Waals surface area (Å²) in [5.74, 6) is 0.583. The smallest absolute Gasteiger partial charge is 0.341 e. The van der Waals surface area contributed by atoms with E-state index in [1.54, 1.807) is 0 Å². The monoisotopic (exact) mass is 194 g/mol. The van der Waals surface area contributed by atoms with E-state index in [0.717, 1.165) is 0 Å². The zero-order chi connectivity index (χ0) is 8.08. The molecule has 10 heavy (non-hydrogen) atoms. The van der Waals surface area contributed by atoms with Crippen molar-refractivity contribution in [1.29, 1.82) is 0 Å². The topological polar surface area (TPSA) is 60.7 Å². The predicted molar refractivity (Wildman–Crippen MR) is 41.1 cm³/mol. The second-order valence-electron chi connectivity index (χ2n) is 1.91. The van der Waals surface area contributed by atoms with Crippen LogP contribution in [0.2, 0.25) is 0 Å². The zero-order valence-electron chi connectivity index (χ0n) is 6.48. The van der Waals surface area contributed by atoms with E-state index in [9.17, 15) is 0 Å². The van der Waals surface area contributed by atoms with Gasteiger partial charge in [0.25, 0.3) is 0 Å². The molecular weight excluding hydrogens is 182 g/mol. The molecule has 0 fully saturated rings. The van der Waals surface area contributed by atoms with Crippen LogP contribution in [0.25, 0.3) is 0 Å². The van der Waals surface area contributed by atoms with Crippen molar-refractivity contribution in [3.8, 4) is 0 Å². The van der Waals surface area contributed by atoms with Crippen molar-refractivity contribution in [3.05, 3.63) is 6.92 Å². The summed E-state index contributed by atoms with van der Waals surface area (Å²) in [7, 11) is 0. The van der Waals surface area contributed by atoms with Gasteiger partial charge in [-0.25, -0.2) is 0 Å². The molecule has 0 saturated heterocycles. The predicted octanol–water partition coefficient (Wildman–Crippen LogP) is -2.33. The quantitative estimate of drug-likeness (QED) is 0.230. The number of hydrogen-bond acceptors (Lipinski definition) is 1. The summed E-state index contributed by atoms with van der Waals surface area (Å²) < 4.78 is 0. The number of rotatable bonds is 0. The second kappa shape index (κ2) is 8.62. The molecule has 0 unspecified atom stereocenters. The fourth-order valence-corrected chi connectivity index (χ4v) is 0. The molecule has 3 N–H and O–H groups in total. The first-order valence-corrected chi connectivity index (χ1v) is 5.01. The average molecular weight is 194 g/mol. The van der Waals surface area contributed by atoms with E-state index in [1.165, 1.54) is 0 Å². The van der Waals surface area contributed by atoms with Crippen LogP contribution in [0.1, 0.15) is 13.8 Å². The molecule has 0 aliphatic carbocycles. The van der Waals surface area contributed by atoms with Crippen molar-refractivity contribution >= 4 is 18.5 Å². The Morgan fingerprint density at radius 3 is 1.30 bits per heavy atom. The van der Waals surface area contributed by atoms with Gasteiger partial charge in [-0.3, -0.25) is 0 Å². The molecule has 58 valence electrons. The van der Waals surface area contributed by atoms with E-state index in [2.05, 4.69) is 32.6 Å². The summed E-state index contributed by atoms with van der Waals surface area (Å²) in [4.78, 5) is 22.7. The fourth-order valence-electron chi connectivity index (χ4n) is 0. The van der Waals surface area contributed by atoms with E-state index in [4.69, 9.17) is 14.7 Å². The van der Waals surface area contributed by atoms with Gasteiger partial charge < -0.3 is 21.6 Å². The van der Waals surface area contributed by atoms with E-state index in [0.29, 0.717) is 5.92 Å². The molecule has 0 aliphatic heterocycles. The van der Waals surface area contributed by atoms with E-state index in [-0.39, 0.29) is 29.6 Å². The van der Waals surface area contributed by atoms with Gasteiger partial charge in [-0.15, -0.1) is 0 Å².